The minimum atomic E-state index is -0.318. The number of anilines is 1. The minimum Gasteiger partial charge on any atom is -0.399 e. The highest BCUT2D eigenvalue weighted by molar-refractivity contribution is 9.10. The highest BCUT2D eigenvalue weighted by Crippen LogP contribution is 2.27. The largest absolute Gasteiger partial charge is 0.399 e. The van der Waals surface area contributed by atoms with Gasteiger partial charge in [0.25, 0.3) is 5.91 Å². The van der Waals surface area contributed by atoms with Crippen molar-refractivity contribution < 1.29 is 9.53 Å². The van der Waals surface area contributed by atoms with E-state index in [1.807, 2.05) is 13.8 Å². The maximum absolute atomic E-state index is 12.3. The summed E-state index contributed by atoms with van der Waals surface area (Å²) in [5.41, 5.74) is 6.51. The fourth-order valence-corrected chi connectivity index (χ4v) is 2.47. The Morgan fingerprint density at radius 2 is 2.33 bits per heavy atom. The smallest absolute Gasteiger partial charge is 0.253 e. The zero-order chi connectivity index (χ0) is 13.3. The molecule has 1 aromatic carbocycles. The summed E-state index contributed by atoms with van der Waals surface area (Å²) in [7, 11) is 0. The molecule has 0 saturated carbocycles. The quantitative estimate of drug-likeness (QED) is 0.824. The van der Waals surface area contributed by atoms with Crippen LogP contribution < -0.4 is 11.1 Å². The molecular formula is C13H17BrN2O2. The van der Waals surface area contributed by atoms with Crippen LogP contribution in [0.4, 0.5) is 5.69 Å². The summed E-state index contributed by atoms with van der Waals surface area (Å²) in [6, 6.07) is 5.20. The Balaban J connectivity index is 2.19. The fourth-order valence-electron chi connectivity index (χ4n) is 2.04. The SMILES string of the molecule is CC1OCCC1(C)NC(=O)c1cc(N)ccc1Br. The zero-order valence-electron chi connectivity index (χ0n) is 10.5. The number of halogens is 1. The Kier molecular flexibility index (Phi) is 3.64. The number of ether oxygens (including phenoxy) is 1. The molecular weight excluding hydrogens is 296 g/mol. The van der Waals surface area contributed by atoms with Gasteiger partial charge in [-0.2, -0.15) is 0 Å². The lowest BCUT2D eigenvalue weighted by Crippen LogP contribution is -2.50. The van der Waals surface area contributed by atoms with E-state index in [0.717, 1.165) is 10.9 Å². The Morgan fingerprint density at radius 3 is 2.94 bits per heavy atom. The van der Waals surface area contributed by atoms with Crippen LogP contribution in [0.15, 0.2) is 22.7 Å². The van der Waals surface area contributed by atoms with E-state index >= 15 is 0 Å². The normalized spacial score (nSPS) is 27.2. The van der Waals surface area contributed by atoms with E-state index in [2.05, 4.69) is 21.2 Å². The van der Waals surface area contributed by atoms with E-state index in [0.29, 0.717) is 17.9 Å². The van der Waals surface area contributed by atoms with Crippen molar-refractivity contribution >= 4 is 27.5 Å². The molecule has 1 aliphatic heterocycles. The van der Waals surface area contributed by atoms with Gasteiger partial charge in [-0.1, -0.05) is 0 Å². The molecule has 1 saturated heterocycles. The summed E-state index contributed by atoms with van der Waals surface area (Å²) in [5, 5.41) is 3.04. The zero-order valence-corrected chi connectivity index (χ0v) is 12.1. The summed E-state index contributed by atoms with van der Waals surface area (Å²) in [5.74, 6) is -0.131. The predicted molar refractivity (Wildman–Crippen MR) is 74.5 cm³/mol. The number of hydrogen-bond acceptors (Lipinski definition) is 3. The monoisotopic (exact) mass is 312 g/mol. The Morgan fingerprint density at radius 1 is 1.61 bits per heavy atom. The van der Waals surface area contributed by atoms with Crippen molar-refractivity contribution in [1.29, 1.82) is 0 Å². The third kappa shape index (κ3) is 2.52. The first kappa shape index (κ1) is 13.4. The summed E-state index contributed by atoms with van der Waals surface area (Å²) in [4.78, 5) is 12.3. The first-order valence-corrected chi connectivity index (χ1v) is 6.71. The van der Waals surface area contributed by atoms with Gasteiger partial charge < -0.3 is 15.8 Å². The maximum Gasteiger partial charge on any atom is 0.253 e. The first-order valence-electron chi connectivity index (χ1n) is 5.91. The van der Waals surface area contributed by atoms with Crippen molar-refractivity contribution in [3.05, 3.63) is 28.2 Å². The van der Waals surface area contributed by atoms with Crippen molar-refractivity contribution in [1.82, 2.24) is 5.32 Å². The summed E-state index contributed by atoms with van der Waals surface area (Å²) >= 11 is 3.37. The number of nitrogen functional groups attached to an aromatic ring is 1. The molecule has 0 aliphatic carbocycles. The highest BCUT2D eigenvalue weighted by atomic mass is 79.9. The summed E-state index contributed by atoms with van der Waals surface area (Å²) in [6.45, 7) is 4.65. The first-order chi connectivity index (χ1) is 8.42. The lowest BCUT2D eigenvalue weighted by molar-refractivity contribution is 0.0727. The standard InChI is InChI=1S/C13H17BrN2O2/c1-8-13(2,5-6-18-8)16-12(17)10-7-9(15)3-4-11(10)14/h3-4,7-8H,5-6,15H2,1-2H3,(H,16,17). The number of nitrogens with two attached hydrogens (primary N) is 1. The van der Waals surface area contributed by atoms with E-state index < -0.39 is 0 Å². The molecule has 2 unspecified atom stereocenters. The van der Waals surface area contributed by atoms with E-state index in [-0.39, 0.29) is 17.6 Å². The maximum atomic E-state index is 12.3. The molecule has 3 N–H and O–H groups in total. The molecule has 0 aromatic heterocycles. The second-order valence-corrected chi connectivity index (χ2v) is 5.73. The van der Waals surface area contributed by atoms with Crippen LogP contribution in [0.1, 0.15) is 30.6 Å². The van der Waals surface area contributed by atoms with E-state index in [1.165, 1.54) is 0 Å². The fraction of sp³-hybridized carbons (Fsp3) is 0.462. The van der Waals surface area contributed by atoms with Crippen LogP contribution in [0.5, 0.6) is 0 Å². The van der Waals surface area contributed by atoms with Crippen molar-refractivity contribution in [3.8, 4) is 0 Å². The number of carbonyl (C=O) groups is 1. The third-order valence-electron chi connectivity index (χ3n) is 3.52. The highest BCUT2D eigenvalue weighted by Gasteiger charge is 2.38. The number of nitrogens with one attached hydrogen (secondary N) is 1. The van der Waals surface area contributed by atoms with Gasteiger partial charge in [0.05, 0.1) is 17.2 Å². The molecule has 18 heavy (non-hydrogen) atoms. The average Bonchev–Trinajstić information content (AvgIpc) is 2.62. The van der Waals surface area contributed by atoms with Gasteiger partial charge in [-0.25, -0.2) is 0 Å². The molecule has 0 bridgehead atoms. The van der Waals surface area contributed by atoms with Crippen LogP contribution >= 0.6 is 15.9 Å². The third-order valence-corrected chi connectivity index (χ3v) is 4.21. The number of carbonyl (C=O) groups excluding carboxylic acids is 1. The topological polar surface area (TPSA) is 64.3 Å². The van der Waals surface area contributed by atoms with Crippen LogP contribution in [-0.4, -0.2) is 24.2 Å². The Hall–Kier alpha value is -1.07. The summed E-state index contributed by atoms with van der Waals surface area (Å²) < 4.78 is 6.25. The minimum absolute atomic E-state index is 0.0151. The molecule has 1 aromatic rings. The molecule has 2 atom stereocenters. The molecule has 1 amide bonds. The Bertz CT molecular complexity index is 478. The Labute approximate surface area is 115 Å². The van der Waals surface area contributed by atoms with Crippen molar-refractivity contribution in [3.63, 3.8) is 0 Å². The second kappa shape index (κ2) is 4.90. The van der Waals surface area contributed by atoms with Crippen LogP contribution in [0.2, 0.25) is 0 Å². The molecule has 0 radical (unpaired) electrons. The van der Waals surface area contributed by atoms with Gasteiger partial charge in [0.2, 0.25) is 0 Å². The van der Waals surface area contributed by atoms with Gasteiger partial charge >= 0.3 is 0 Å². The number of rotatable bonds is 2. The van der Waals surface area contributed by atoms with Gasteiger partial charge in [0, 0.05) is 16.8 Å². The van der Waals surface area contributed by atoms with E-state index in [4.69, 9.17) is 10.5 Å². The van der Waals surface area contributed by atoms with Crippen LogP contribution in [-0.2, 0) is 4.74 Å². The van der Waals surface area contributed by atoms with Gasteiger partial charge in [0.1, 0.15) is 0 Å². The van der Waals surface area contributed by atoms with Gasteiger partial charge in [-0.3, -0.25) is 4.79 Å². The number of benzene rings is 1. The van der Waals surface area contributed by atoms with Gasteiger partial charge in [0.15, 0.2) is 0 Å². The molecule has 98 valence electrons. The number of hydrogen-bond donors (Lipinski definition) is 2. The van der Waals surface area contributed by atoms with E-state index in [1.54, 1.807) is 18.2 Å². The lowest BCUT2D eigenvalue weighted by atomic mass is 9.94. The number of amides is 1. The van der Waals surface area contributed by atoms with Crippen LogP contribution in [0.3, 0.4) is 0 Å². The van der Waals surface area contributed by atoms with Crippen molar-refractivity contribution in [2.24, 2.45) is 0 Å². The molecule has 0 spiro atoms. The summed E-state index contributed by atoms with van der Waals surface area (Å²) in [6.07, 6.45) is 0.834. The van der Waals surface area contributed by atoms with Crippen LogP contribution in [0, 0.1) is 0 Å². The van der Waals surface area contributed by atoms with Gasteiger partial charge in [-0.05, 0) is 54.4 Å². The second-order valence-electron chi connectivity index (χ2n) is 4.87. The molecule has 5 heteroatoms. The van der Waals surface area contributed by atoms with E-state index in [9.17, 15) is 4.79 Å². The molecule has 1 fully saturated rings. The predicted octanol–water partition coefficient (Wildman–Crippen LogP) is 2.33. The van der Waals surface area contributed by atoms with Crippen LogP contribution in [0.25, 0.3) is 0 Å². The molecule has 2 rings (SSSR count). The molecule has 1 aliphatic rings. The lowest BCUT2D eigenvalue weighted by Gasteiger charge is -2.29. The molecule has 1 heterocycles. The average molecular weight is 313 g/mol. The van der Waals surface area contributed by atoms with Crippen molar-refractivity contribution in [2.75, 3.05) is 12.3 Å². The molecule has 4 nitrogen and oxygen atoms in total. The van der Waals surface area contributed by atoms with Gasteiger partial charge in [-0.15, -0.1) is 0 Å². The van der Waals surface area contributed by atoms with Crippen molar-refractivity contribution in [2.45, 2.75) is 31.9 Å².